The van der Waals surface area contributed by atoms with Gasteiger partial charge in [0.1, 0.15) is 5.65 Å². The number of aryl methyl sites for hydroxylation is 1. The quantitative estimate of drug-likeness (QED) is 0.683. The van der Waals surface area contributed by atoms with Gasteiger partial charge in [0.05, 0.1) is 17.3 Å². The average Bonchev–Trinajstić information content (AvgIpc) is 2.83. The first-order valence-electron chi connectivity index (χ1n) is 5.83. The molecule has 0 N–H and O–H groups in total. The second-order valence-electron chi connectivity index (χ2n) is 4.39. The number of nitriles is 1. The van der Waals surface area contributed by atoms with Crippen LogP contribution >= 0.6 is 15.9 Å². The van der Waals surface area contributed by atoms with Gasteiger partial charge in [0, 0.05) is 22.4 Å². The maximum atomic E-state index is 8.95. The molecule has 0 amide bonds. The minimum absolute atomic E-state index is 0.646. The van der Waals surface area contributed by atoms with Gasteiger partial charge >= 0.3 is 0 Å². The molecular formula is C15H10BrN3. The lowest BCUT2D eigenvalue weighted by molar-refractivity contribution is 1.15. The molecule has 0 radical (unpaired) electrons. The van der Waals surface area contributed by atoms with Crippen LogP contribution in [0.25, 0.3) is 16.9 Å². The van der Waals surface area contributed by atoms with Crippen LogP contribution in [0.2, 0.25) is 0 Å². The van der Waals surface area contributed by atoms with Gasteiger partial charge in [0.25, 0.3) is 0 Å². The van der Waals surface area contributed by atoms with Gasteiger partial charge < -0.3 is 4.40 Å². The zero-order valence-corrected chi connectivity index (χ0v) is 11.8. The monoisotopic (exact) mass is 311 g/mol. The van der Waals surface area contributed by atoms with E-state index >= 15 is 0 Å². The van der Waals surface area contributed by atoms with Gasteiger partial charge in [-0.1, -0.05) is 12.1 Å². The number of fused-ring (bicyclic) bond motifs is 1. The number of halogens is 1. The van der Waals surface area contributed by atoms with E-state index in [0.29, 0.717) is 5.56 Å². The Morgan fingerprint density at radius 3 is 2.89 bits per heavy atom. The summed E-state index contributed by atoms with van der Waals surface area (Å²) in [5.41, 5.74) is 4.52. The molecule has 0 unspecified atom stereocenters. The van der Waals surface area contributed by atoms with Crippen molar-refractivity contribution in [2.45, 2.75) is 6.92 Å². The van der Waals surface area contributed by atoms with E-state index in [-0.39, 0.29) is 0 Å². The van der Waals surface area contributed by atoms with Crippen molar-refractivity contribution in [3.8, 4) is 17.3 Å². The largest absolute Gasteiger partial charge is 0.305 e. The maximum Gasteiger partial charge on any atom is 0.140 e. The predicted octanol–water partition coefficient (Wildman–Crippen LogP) is 3.94. The van der Waals surface area contributed by atoms with Crippen molar-refractivity contribution in [1.82, 2.24) is 9.38 Å². The Morgan fingerprint density at radius 2 is 2.11 bits per heavy atom. The normalized spacial score (nSPS) is 10.6. The molecule has 4 heteroatoms. The molecule has 0 aliphatic rings. The molecule has 2 aromatic heterocycles. The Kier molecular flexibility index (Phi) is 2.84. The predicted molar refractivity (Wildman–Crippen MR) is 77.8 cm³/mol. The number of nitrogens with zero attached hydrogens (tertiary/aromatic N) is 3. The van der Waals surface area contributed by atoms with Crippen molar-refractivity contribution < 1.29 is 0 Å². The van der Waals surface area contributed by atoms with E-state index in [1.807, 2.05) is 48.0 Å². The topological polar surface area (TPSA) is 41.1 Å². The lowest BCUT2D eigenvalue weighted by Gasteiger charge is -1.97. The fourth-order valence-corrected chi connectivity index (χ4v) is 2.68. The number of aromatic nitrogens is 2. The van der Waals surface area contributed by atoms with E-state index in [2.05, 4.69) is 27.0 Å². The molecule has 92 valence electrons. The molecule has 0 bridgehead atoms. The number of imidazole rings is 1. The molecule has 0 aliphatic heterocycles. The smallest absolute Gasteiger partial charge is 0.140 e. The second kappa shape index (κ2) is 4.52. The molecule has 0 saturated heterocycles. The van der Waals surface area contributed by atoms with Crippen LogP contribution in [0.15, 0.2) is 47.2 Å². The van der Waals surface area contributed by atoms with Crippen LogP contribution in [-0.4, -0.2) is 9.38 Å². The molecule has 19 heavy (non-hydrogen) atoms. The maximum absolute atomic E-state index is 8.95. The fraction of sp³-hybridized carbons (Fsp3) is 0.0667. The van der Waals surface area contributed by atoms with Crippen molar-refractivity contribution >= 4 is 21.6 Å². The molecule has 0 saturated carbocycles. The first kappa shape index (κ1) is 11.9. The molecule has 1 aromatic carbocycles. The Balaban J connectivity index is 2.21. The zero-order valence-electron chi connectivity index (χ0n) is 10.3. The molecule has 0 fully saturated rings. The zero-order chi connectivity index (χ0) is 13.4. The van der Waals surface area contributed by atoms with Gasteiger partial charge in [-0.05, 0) is 46.6 Å². The van der Waals surface area contributed by atoms with E-state index in [1.54, 1.807) is 6.07 Å². The van der Waals surface area contributed by atoms with Crippen molar-refractivity contribution in [3.63, 3.8) is 0 Å². The van der Waals surface area contributed by atoms with Crippen LogP contribution in [0.5, 0.6) is 0 Å². The third-order valence-corrected chi connectivity index (χ3v) is 3.42. The van der Waals surface area contributed by atoms with Crippen LogP contribution in [-0.2, 0) is 0 Å². The minimum atomic E-state index is 0.646. The summed E-state index contributed by atoms with van der Waals surface area (Å²) in [5, 5.41) is 8.95. The summed E-state index contributed by atoms with van der Waals surface area (Å²) in [5.74, 6) is 0. The lowest BCUT2D eigenvalue weighted by Crippen LogP contribution is -1.86. The highest BCUT2D eigenvalue weighted by molar-refractivity contribution is 9.10. The highest BCUT2D eigenvalue weighted by Gasteiger charge is 2.07. The van der Waals surface area contributed by atoms with Crippen LogP contribution in [0, 0.1) is 18.3 Å². The van der Waals surface area contributed by atoms with Crippen molar-refractivity contribution in [1.29, 1.82) is 5.26 Å². The van der Waals surface area contributed by atoms with Crippen LogP contribution in [0.1, 0.15) is 11.1 Å². The van der Waals surface area contributed by atoms with Gasteiger partial charge in [0.15, 0.2) is 0 Å². The summed E-state index contributed by atoms with van der Waals surface area (Å²) in [6.45, 7) is 2.03. The third kappa shape index (κ3) is 2.13. The first-order chi connectivity index (χ1) is 9.17. The Bertz CT molecular complexity index is 812. The van der Waals surface area contributed by atoms with Crippen molar-refractivity contribution in [3.05, 3.63) is 58.3 Å². The van der Waals surface area contributed by atoms with Gasteiger partial charge in [-0.25, -0.2) is 4.98 Å². The summed E-state index contributed by atoms with van der Waals surface area (Å²) in [6, 6.07) is 11.7. The number of rotatable bonds is 1. The van der Waals surface area contributed by atoms with Gasteiger partial charge in [-0.3, -0.25) is 0 Å². The standard InChI is InChI=1S/C15H10BrN3/c1-10-5-13(16)8-19-9-14(18-15(10)19)12-4-2-3-11(6-12)7-17/h2-6,8-9H,1H3. The Labute approximate surface area is 119 Å². The summed E-state index contributed by atoms with van der Waals surface area (Å²) in [6.07, 6.45) is 3.95. The molecular weight excluding hydrogens is 302 g/mol. The lowest BCUT2D eigenvalue weighted by atomic mass is 10.1. The number of benzene rings is 1. The summed E-state index contributed by atoms with van der Waals surface area (Å²) in [7, 11) is 0. The minimum Gasteiger partial charge on any atom is -0.305 e. The van der Waals surface area contributed by atoms with E-state index in [0.717, 1.165) is 26.9 Å². The highest BCUT2D eigenvalue weighted by Crippen LogP contribution is 2.23. The van der Waals surface area contributed by atoms with Crippen molar-refractivity contribution in [2.75, 3.05) is 0 Å². The summed E-state index contributed by atoms with van der Waals surface area (Å²) < 4.78 is 3.01. The number of pyridine rings is 1. The Morgan fingerprint density at radius 1 is 1.26 bits per heavy atom. The van der Waals surface area contributed by atoms with E-state index in [4.69, 9.17) is 5.26 Å². The molecule has 2 heterocycles. The van der Waals surface area contributed by atoms with Crippen LogP contribution in [0.3, 0.4) is 0 Å². The Hall–Kier alpha value is -2.12. The fourth-order valence-electron chi connectivity index (χ4n) is 2.11. The molecule has 3 aromatic rings. The van der Waals surface area contributed by atoms with E-state index in [9.17, 15) is 0 Å². The highest BCUT2D eigenvalue weighted by atomic mass is 79.9. The molecule has 3 rings (SSSR count). The SMILES string of the molecule is Cc1cc(Br)cn2cc(-c3cccc(C#N)c3)nc12. The number of hydrogen-bond donors (Lipinski definition) is 0. The summed E-state index contributed by atoms with van der Waals surface area (Å²) >= 11 is 3.48. The summed E-state index contributed by atoms with van der Waals surface area (Å²) in [4.78, 5) is 4.63. The van der Waals surface area contributed by atoms with Crippen LogP contribution in [0.4, 0.5) is 0 Å². The molecule has 0 spiro atoms. The average molecular weight is 312 g/mol. The van der Waals surface area contributed by atoms with Gasteiger partial charge in [-0.15, -0.1) is 0 Å². The molecule has 3 nitrogen and oxygen atoms in total. The third-order valence-electron chi connectivity index (χ3n) is 2.99. The van der Waals surface area contributed by atoms with Crippen LogP contribution < -0.4 is 0 Å². The molecule has 0 atom stereocenters. The molecule has 0 aliphatic carbocycles. The van der Waals surface area contributed by atoms with Gasteiger partial charge in [-0.2, -0.15) is 5.26 Å². The second-order valence-corrected chi connectivity index (χ2v) is 5.31. The van der Waals surface area contributed by atoms with Gasteiger partial charge in [0.2, 0.25) is 0 Å². The van der Waals surface area contributed by atoms with E-state index in [1.165, 1.54) is 0 Å². The number of hydrogen-bond acceptors (Lipinski definition) is 2. The van der Waals surface area contributed by atoms with E-state index < -0.39 is 0 Å². The first-order valence-corrected chi connectivity index (χ1v) is 6.62. The van der Waals surface area contributed by atoms with Crippen molar-refractivity contribution in [2.24, 2.45) is 0 Å².